The number of nitrogens with one attached hydrogen (secondary N) is 1. The molecule has 0 aliphatic heterocycles. The maximum Gasteiger partial charge on any atom is 0.146 e. The molecule has 1 fully saturated rings. The molecule has 1 aliphatic rings. The number of aromatic nitrogens is 1. The quantitative estimate of drug-likeness (QED) is 0.623. The van der Waals surface area contributed by atoms with Crippen molar-refractivity contribution in [1.29, 1.82) is 0 Å². The van der Waals surface area contributed by atoms with Gasteiger partial charge in [-0.2, -0.15) is 0 Å². The number of hydrogen-bond donors (Lipinski definition) is 1. The van der Waals surface area contributed by atoms with Crippen LogP contribution in [0.2, 0.25) is 0 Å². The Kier molecular flexibility index (Phi) is 7.28. The first-order valence-corrected chi connectivity index (χ1v) is 9.39. The van der Waals surface area contributed by atoms with Gasteiger partial charge >= 0.3 is 0 Å². The van der Waals surface area contributed by atoms with Gasteiger partial charge in [0.05, 0.1) is 11.8 Å². The smallest absolute Gasteiger partial charge is 0.146 e. The first-order chi connectivity index (χ1) is 11.2. The Morgan fingerprint density at radius 2 is 2.09 bits per heavy atom. The summed E-state index contributed by atoms with van der Waals surface area (Å²) < 4.78 is 4.24. The van der Waals surface area contributed by atoms with Crippen molar-refractivity contribution in [3.8, 4) is 0 Å². The summed E-state index contributed by atoms with van der Waals surface area (Å²) in [5, 5.41) is 3.28. The zero-order valence-corrected chi connectivity index (χ0v) is 15.3. The van der Waals surface area contributed by atoms with Crippen molar-refractivity contribution in [2.24, 2.45) is 9.98 Å². The molecule has 1 N–H and O–H groups in total. The fraction of sp³-hybridized carbons (Fsp3) is 0.500. The van der Waals surface area contributed by atoms with Gasteiger partial charge < -0.3 is 5.32 Å². The first kappa shape index (κ1) is 17.7. The van der Waals surface area contributed by atoms with Crippen molar-refractivity contribution in [2.75, 3.05) is 0 Å². The van der Waals surface area contributed by atoms with Crippen LogP contribution in [-0.4, -0.2) is 22.3 Å². The van der Waals surface area contributed by atoms with E-state index >= 15 is 0 Å². The molecular weight excluding hydrogens is 303 g/mol. The van der Waals surface area contributed by atoms with E-state index in [9.17, 15) is 0 Å². The van der Waals surface area contributed by atoms with Crippen LogP contribution in [-0.2, 0) is 0 Å². The maximum atomic E-state index is 4.90. The van der Waals surface area contributed by atoms with Crippen LogP contribution in [0.25, 0.3) is 5.57 Å². The van der Waals surface area contributed by atoms with Crippen LogP contribution in [0.15, 0.2) is 40.5 Å². The average Bonchev–Trinajstić information content (AvgIpc) is 3.11. The third-order valence-electron chi connectivity index (χ3n) is 4.02. The summed E-state index contributed by atoms with van der Waals surface area (Å²) in [6.45, 7) is 6.08. The number of nitrogens with zero attached hydrogens (tertiary/aromatic N) is 3. The van der Waals surface area contributed by atoms with E-state index in [1.54, 1.807) is 0 Å². The molecule has 1 heterocycles. The minimum absolute atomic E-state index is 0.428. The lowest BCUT2D eigenvalue weighted by molar-refractivity contribution is 0.443. The van der Waals surface area contributed by atoms with E-state index in [2.05, 4.69) is 27.8 Å². The standard InChI is InChI=1S/C18H27N4P/c1-4-10-19-18(22-17-8-6-5-7-9-17)15(3)20-11-14(2)16-12-21-23-13-16/h4,10-13,17,23H,5-9H2,1-3H3,(H,19,22)/b10-4-,14-11+,20-15?. The van der Waals surface area contributed by atoms with Crippen molar-refractivity contribution in [3.05, 3.63) is 36.0 Å². The number of hydrogen-bond acceptors (Lipinski definition) is 3. The second-order valence-electron chi connectivity index (χ2n) is 5.93. The largest absolute Gasteiger partial charge is 0.346 e. The summed E-state index contributed by atoms with van der Waals surface area (Å²) in [6, 6.07) is 0.428. The minimum Gasteiger partial charge on any atom is -0.346 e. The molecule has 1 saturated carbocycles. The Balaban J connectivity index is 2.14. The molecule has 0 amide bonds. The highest BCUT2D eigenvalue weighted by atomic mass is 31.0. The fourth-order valence-electron chi connectivity index (χ4n) is 2.59. The molecule has 0 aromatic carbocycles. The predicted molar refractivity (Wildman–Crippen MR) is 103 cm³/mol. The minimum atomic E-state index is 0.428. The second kappa shape index (κ2) is 9.46. The lowest BCUT2D eigenvalue weighted by atomic mass is 9.96. The number of rotatable bonds is 5. The topological polar surface area (TPSA) is 49.6 Å². The summed E-state index contributed by atoms with van der Waals surface area (Å²) in [5.41, 5.74) is 3.24. The van der Waals surface area contributed by atoms with Gasteiger partial charge in [-0.1, -0.05) is 25.3 Å². The summed E-state index contributed by atoms with van der Waals surface area (Å²) >= 11 is 0. The molecule has 23 heavy (non-hydrogen) atoms. The second-order valence-corrected chi connectivity index (χ2v) is 6.73. The molecule has 0 bridgehead atoms. The normalized spacial score (nSPS) is 19.0. The number of aliphatic imine (C=N–C) groups is 2. The van der Waals surface area contributed by atoms with Gasteiger partial charge in [0.1, 0.15) is 5.84 Å². The highest BCUT2D eigenvalue weighted by Crippen LogP contribution is 2.20. The number of allylic oxidation sites excluding steroid dienone is 2. The van der Waals surface area contributed by atoms with Gasteiger partial charge in [0.25, 0.3) is 0 Å². The summed E-state index contributed by atoms with van der Waals surface area (Å²) in [6.07, 6.45) is 14.0. The zero-order valence-electron chi connectivity index (χ0n) is 14.3. The van der Waals surface area contributed by atoms with Crippen LogP contribution in [0.3, 0.4) is 0 Å². The van der Waals surface area contributed by atoms with Crippen LogP contribution >= 0.6 is 8.35 Å². The number of amidine groups is 1. The Bertz CT molecular complexity index is 591. The van der Waals surface area contributed by atoms with E-state index in [1.807, 2.05) is 38.5 Å². The SMILES string of the molecule is C/C=C\NC(=NC1CCCCC1)C(C)=N/C=C(\C)c1cn[pH]c1. The van der Waals surface area contributed by atoms with Crippen LogP contribution in [0.1, 0.15) is 58.4 Å². The molecule has 5 heteroatoms. The summed E-state index contributed by atoms with van der Waals surface area (Å²) in [7, 11) is 0.552. The molecule has 0 radical (unpaired) electrons. The van der Waals surface area contributed by atoms with Gasteiger partial charge in [-0.25, -0.2) is 4.75 Å². The highest BCUT2D eigenvalue weighted by Gasteiger charge is 2.13. The third-order valence-corrected chi connectivity index (χ3v) is 4.74. The average molecular weight is 330 g/mol. The van der Waals surface area contributed by atoms with Gasteiger partial charge in [0.15, 0.2) is 0 Å². The van der Waals surface area contributed by atoms with E-state index in [4.69, 9.17) is 4.99 Å². The van der Waals surface area contributed by atoms with Crippen LogP contribution < -0.4 is 5.32 Å². The Hall–Kier alpha value is -1.67. The van der Waals surface area contributed by atoms with E-state index in [0.717, 1.165) is 17.1 Å². The zero-order chi connectivity index (χ0) is 16.5. The van der Waals surface area contributed by atoms with Crippen LogP contribution in [0.4, 0.5) is 0 Å². The molecule has 2 rings (SSSR count). The molecule has 1 aromatic heterocycles. The molecule has 124 valence electrons. The monoisotopic (exact) mass is 330 g/mol. The van der Waals surface area contributed by atoms with Crippen molar-refractivity contribution in [3.63, 3.8) is 0 Å². The first-order valence-electron chi connectivity index (χ1n) is 8.37. The maximum absolute atomic E-state index is 4.90. The van der Waals surface area contributed by atoms with E-state index < -0.39 is 0 Å². The van der Waals surface area contributed by atoms with Crippen LogP contribution in [0.5, 0.6) is 0 Å². The van der Waals surface area contributed by atoms with Crippen LogP contribution in [0, 0.1) is 0 Å². The molecule has 4 nitrogen and oxygen atoms in total. The Morgan fingerprint density at radius 3 is 2.74 bits per heavy atom. The summed E-state index contributed by atoms with van der Waals surface area (Å²) in [5.74, 6) is 3.03. The molecule has 1 aromatic rings. The van der Waals surface area contributed by atoms with Gasteiger partial charge in [-0.15, -0.1) is 0 Å². The lowest BCUT2D eigenvalue weighted by Crippen LogP contribution is -2.28. The van der Waals surface area contributed by atoms with Gasteiger partial charge in [0.2, 0.25) is 0 Å². The van der Waals surface area contributed by atoms with Crippen molar-refractivity contribution < 1.29 is 0 Å². The van der Waals surface area contributed by atoms with E-state index in [1.165, 1.54) is 37.7 Å². The fourth-order valence-corrected chi connectivity index (χ4v) is 3.32. The van der Waals surface area contributed by atoms with Crippen molar-refractivity contribution in [1.82, 2.24) is 10.1 Å². The lowest BCUT2D eigenvalue weighted by Gasteiger charge is -2.19. The molecule has 1 unspecified atom stereocenters. The molecular formula is C18H27N4P. The summed E-state index contributed by atoms with van der Waals surface area (Å²) in [4.78, 5) is 9.52. The van der Waals surface area contributed by atoms with E-state index in [0.29, 0.717) is 14.4 Å². The molecule has 1 aliphatic carbocycles. The Labute approximate surface area is 141 Å². The van der Waals surface area contributed by atoms with Gasteiger partial charge in [-0.05, 0) is 59.5 Å². The van der Waals surface area contributed by atoms with E-state index in [-0.39, 0.29) is 0 Å². The highest BCUT2D eigenvalue weighted by molar-refractivity contribution is 7.24. The third kappa shape index (κ3) is 5.80. The van der Waals surface area contributed by atoms with Crippen molar-refractivity contribution >= 4 is 25.5 Å². The Morgan fingerprint density at radius 1 is 1.30 bits per heavy atom. The van der Waals surface area contributed by atoms with Crippen molar-refractivity contribution in [2.45, 2.75) is 58.9 Å². The predicted octanol–water partition coefficient (Wildman–Crippen LogP) is 4.79. The molecule has 0 spiro atoms. The molecule has 1 atom stereocenters. The van der Waals surface area contributed by atoms with Gasteiger partial charge in [0, 0.05) is 18.0 Å². The molecule has 0 saturated heterocycles. The van der Waals surface area contributed by atoms with Gasteiger partial charge in [-0.3, -0.25) is 9.98 Å².